The van der Waals surface area contributed by atoms with Crippen molar-refractivity contribution in [3.05, 3.63) is 88.2 Å². The summed E-state index contributed by atoms with van der Waals surface area (Å²) in [5.41, 5.74) is 4.65. The van der Waals surface area contributed by atoms with Gasteiger partial charge < -0.3 is 9.30 Å². The minimum absolute atomic E-state index is 0.0461. The summed E-state index contributed by atoms with van der Waals surface area (Å²) in [6.45, 7) is 4.05. The average molecular weight is 366 g/mol. The van der Waals surface area contributed by atoms with Crippen LogP contribution in [0.15, 0.2) is 60.7 Å². The first-order valence-electron chi connectivity index (χ1n) is 8.31. The highest BCUT2D eigenvalue weighted by molar-refractivity contribution is 6.32. The summed E-state index contributed by atoms with van der Waals surface area (Å²) < 4.78 is 7.22. The van der Waals surface area contributed by atoms with E-state index in [4.69, 9.17) is 16.3 Å². The van der Waals surface area contributed by atoms with Crippen molar-refractivity contribution >= 4 is 23.5 Å². The topological polar surface area (TPSA) is 31.2 Å². The van der Waals surface area contributed by atoms with Crippen LogP contribution < -0.4 is 4.74 Å². The third-order valence-electron chi connectivity index (χ3n) is 4.35. The number of aromatic nitrogens is 1. The van der Waals surface area contributed by atoms with Crippen molar-refractivity contribution in [2.75, 3.05) is 7.11 Å². The Labute approximate surface area is 158 Å². The smallest absolute Gasteiger partial charge is 0.185 e. The molecule has 0 spiro atoms. The Morgan fingerprint density at radius 1 is 1.08 bits per heavy atom. The van der Waals surface area contributed by atoms with E-state index < -0.39 is 0 Å². The molecule has 3 rings (SSSR count). The predicted molar refractivity (Wildman–Crippen MR) is 107 cm³/mol. The van der Waals surface area contributed by atoms with Crippen molar-refractivity contribution < 1.29 is 9.53 Å². The molecule has 132 valence electrons. The van der Waals surface area contributed by atoms with Gasteiger partial charge in [-0.2, -0.15) is 0 Å². The lowest BCUT2D eigenvalue weighted by molar-refractivity contribution is 0.104. The summed E-state index contributed by atoms with van der Waals surface area (Å²) in [6.07, 6.45) is 3.45. The van der Waals surface area contributed by atoms with Gasteiger partial charge >= 0.3 is 0 Å². The Balaban J connectivity index is 1.88. The van der Waals surface area contributed by atoms with Gasteiger partial charge in [0.05, 0.1) is 17.8 Å². The Morgan fingerprint density at radius 3 is 2.42 bits per heavy atom. The number of hydrogen-bond acceptors (Lipinski definition) is 2. The van der Waals surface area contributed by atoms with Crippen LogP contribution in [0.2, 0.25) is 5.02 Å². The lowest BCUT2D eigenvalue weighted by atomic mass is 10.1. The normalized spacial score (nSPS) is 11.1. The summed E-state index contributed by atoms with van der Waals surface area (Å²) in [4.78, 5) is 12.4. The molecule has 0 aliphatic heterocycles. The lowest BCUT2D eigenvalue weighted by Crippen LogP contribution is -1.99. The van der Waals surface area contributed by atoms with Gasteiger partial charge in [-0.3, -0.25) is 4.79 Å². The number of halogens is 1. The summed E-state index contributed by atoms with van der Waals surface area (Å²) >= 11 is 6.34. The number of carbonyl (C=O) groups is 1. The van der Waals surface area contributed by atoms with Crippen molar-refractivity contribution in [2.45, 2.75) is 13.8 Å². The van der Waals surface area contributed by atoms with Crippen LogP contribution in [0, 0.1) is 13.8 Å². The Bertz CT molecular complexity index is 968. The SMILES string of the molecule is COc1ccc(C(=O)/C=C/c2cc(C)n(-c3ccccc3Cl)c2C)cc1. The first-order chi connectivity index (χ1) is 12.5. The minimum Gasteiger partial charge on any atom is -0.497 e. The number of benzene rings is 2. The maximum atomic E-state index is 12.4. The number of allylic oxidation sites excluding steroid dienone is 1. The lowest BCUT2D eigenvalue weighted by Gasteiger charge is -2.11. The molecule has 0 amide bonds. The number of methoxy groups -OCH3 is 1. The molecule has 3 nitrogen and oxygen atoms in total. The van der Waals surface area contributed by atoms with Gasteiger partial charge in [-0.15, -0.1) is 0 Å². The molecule has 4 heteroatoms. The highest BCUT2D eigenvalue weighted by atomic mass is 35.5. The van der Waals surface area contributed by atoms with Gasteiger partial charge in [0.25, 0.3) is 0 Å². The van der Waals surface area contributed by atoms with Crippen molar-refractivity contribution in [3.8, 4) is 11.4 Å². The zero-order chi connectivity index (χ0) is 18.7. The fourth-order valence-corrected chi connectivity index (χ4v) is 3.20. The van der Waals surface area contributed by atoms with E-state index >= 15 is 0 Å². The third kappa shape index (κ3) is 3.58. The second-order valence-electron chi connectivity index (χ2n) is 6.04. The third-order valence-corrected chi connectivity index (χ3v) is 4.67. The van der Waals surface area contributed by atoms with Gasteiger partial charge in [0.2, 0.25) is 0 Å². The van der Waals surface area contributed by atoms with Crippen LogP contribution in [0.5, 0.6) is 5.75 Å². The standard InChI is InChI=1S/C22H20ClNO2/c1-15-14-18(16(2)24(15)21-7-5-4-6-20(21)23)10-13-22(25)17-8-11-19(26-3)12-9-17/h4-14H,1-3H3/b13-10+. The van der Waals surface area contributed by atoms with Gasteiger partial charge in [-0.25, -0.2) is 0 Å². The summed E-state index contributed by atoms with van der Waals surface area (Å²) in [6, 6.07) is 16.9. The monoisotopic (exact) mass is 365 g/mol. The maximum absolute atomic E-state index is 12.4. The molecule has 3 aromatic rings. The number of rotatable bonds is 5. The quantitative estimate of drug-likeness (QED) is 0.432. The number of hydrogen-bond donors (Lipinski definition) is 0. The van der Waals surface area contributed by atoms with Gasteiger partial charge in [-0.05, 0) is 74.0 Å². The molecule has 0 atom stereocenters. The summed E-state index contributed by atoms with van der Waals surface area (Å²) in [5, 5.41) is 0.694. The molecule has 2 aromatic carbocycles. The predicted octanol–water partition coefficient (Wildman–Crippen LogP) is 5.65. The van der Waals surface area contributed by atoms with E-state index in [-0.39, 0.29) is 5.78 Å². The molecule has 0 N–H and O–H groups in total. The van der Waals surface area contributed by atoms with Crippen LogP contribution in [-0.4, -0.2) is 17.5 Å². The number of para-hydroxylation sites is 1. The number of ether oxygens (including phenoxy) is 1. The van der Waals surface area contributed by atoms with E-state index in [1.165, 1.54) is 0 Å². The second-order valence-corrected chi connectivity index (χ2v) is 6.45. The van der Waals surface area contributed by atoms with E-state index in [2.05, 4.69) is 10.6 Å². The molecule has 0 aliphatic carbocycles. The molecular weight excluding hydrogens is 346 g/mol. The molecule has 0 radical (unpaired) electrons. The molecule has 0 saturated carbocycles. The Hall–Kier alpha value is -2.78. The Morgan fingerprint density at radius 2 is 1.77 bits per heavy atom. The van der Waals surface area contributed by atoms with Crippen LogP contribution in [-0.2, 0) is 0 Å². The summed E-state index contributed by atoms with van der Waals surface area (Å²) in [7, 11) is 1.60. The molecule has 1 aromatic heterocycles. The fraction of sp³-hybridized carbons (Fsp3) is 0.136. The fourth-order valence-electron chi connectivity index (χ4n) is 2.98. The van der Waals surface area contributed by atoms with Crippen molar-refractivity contribution in [1.29, 1.82) is 0 Å². The maximum Gasteiger partial charge on any atom is 0.185 e. The minimum atomic E-state index is -0.0461. The second kappa shape index (κ2) is 7.63. The van der Waals surface area contributed by atoms with Crippen LogP contribution in [0.25, 0.3) is 11.8 Å². The molecule has 0 fully saturated rings. The van der Waals surface area contributed by atoms with Gasteiger partial charge in [0, 0.05) is 17.0 Å². The van der Waals surface area contributed by atoms with Gasteiger partial charge in [-0.1, -0.05) is 23.7 Å². The van der Waals surface area contributed by atoms with E-state index in [1.54, 1.807) is 37.5 Å². The van der Waals surface area contributed by atoms with Crippen molar-refractivity contribution in [3.63, 3.8) is 0 Å². The van der Waals surface area contributed by atoms with E-state index in [9.17, 15) is 4.79 Å². The molecule has 0 saturated heterocycles. The van der Waals surface area contributed by atoms with Crippen LogP contribution in [0.3, 0.4) is 0 Å². The molecule has 0 aliphatic rings. The largest absolute Gasteiger partial charge is 0.497 e. The van der Waals surface area contributed by atoms with Crippen molar-refractivity contribution in [2.24, 2.45) is 0 Å². The average Bonchev–Trinajstić information content (AvgIpc) is 2.94. The Kier molecular flexibility index (Phi) is 5.29. The van der Waals surface area contributed by atoms with Gasteiger partial charge in [0.1, 0.15) is 5.75 Å². The van der Waals surface area contributed by atoms with Crippen LogP contribution in [0.4, 0.5) is 0 Å². The molecule has 0 unspecified atom stereocenters. The van der Waals surface area contributed by atoms with Crippen LogP contribution in [0.1, 0.15) is 27.3 Å². The first kappa shape index (κ1) is 18.0. The van der Waals surface area contributed by atoms with E-state index in [0.29, 0.717) is 10.6 Å². The van der Waals surface area contributed by atoms with Crippen LogP contribution >= 0.6 is 11.6 Å². The molecule has 0 bridgehead atoms. The summed E-state index contributed by atoms with van der Waals surface area (Å²) in [5.74, 6) is 0.684. The zero-order valence-corrected chi connectivity index (χ0v) is 15.7. The first-order valence-corrected chi connectivity index (χ1v) is 8.69. The molecule has 26 heavy (non-hydrogen) atoms. The molecule has 1 heterocycles. The number of carbonyl (C=O) groups excluding carboxylic acids is 1. The zero-order valence-electron chi connectivity index (χ0n) is 15.0. The van der Waals surface area contributed by atoms with E-state index in [0.717, 1.165) is 28.4 Å². The van der Waals surface area contributed by atoms with Crippen molar-refractivity contribution in [1.82, 2.24) is 4.57 Å². The number of aryl methyl sites for hydroxylation is 1. The highest BCUT2D eigenvalue weighted by Gasteiger charge is 2.11. The molecular formula is C22H20ClNO2. The number of ketones is 1. The van der Waals surface area contributed by atoms with Gasteiger partial charge in [0.15, 0.2) is 5.78 Å². The van der Waals surface area contributed by atoms with E-state index in [1.807, 2.05) is 44.2 Å². The highest BCUT2D eigenvalue weighted by Crippen LogP contribution is 2.27. The number of nitrogens with zero attached hydrogens (tertiary/aromatic N) is 1.